The summed E-state index contributed by atoms with van der Waals surface area (Å²) in [7, 11) is 0. The number of aryl methyl sites for hydroxylation is 4. The number of amides is 1. The SMILES string of the molecule is Cc1oc2c(c(C)cc3oc(=O)c(CC(=O)NCCCOC(C)C)c(C)c32)c1C. The molecule has 0 atom stereocenters. The summed E-state index contributed by atoms with van der Waals surface area (Å²) in [5, 5.41) is 4.64. The van der Waals surface area contributed by atoms with Crippen LogP contribution in [0.1, 0.15) is 48.3 Å². The Kier molecular flexibility index (Phi) is 6.13. The van der Waals surface area contributed by atoms with E-state index >= 15 is 0 Å². The Labute approximate surface area is 170 Å². The van der Waals surface area contributed by atoms with Gasteiger partial charge in [-0.2, -0.15) is 0 Å². The fraction of sp³-hybridized carbons (Fsp3) is 0.478. The van der Waals surface area contributed by atoms with Crippen LogP contribution >= 0.6 is 0 Å². The molecule has 1 N–H and O–H groups in total. The Balaban J connectivity index is 1.90. The summed E-state index contributed by atoms with van der Waals surface area (Å²) in [4.78, 5) is 24.9. The molecule has 6 heteroatoms. The molecule has 0 bridgehead atoms. The van der Waals surface area contributed by atoms with Crippen LogP contribution in [0.4, 0.5) is 0 Å². The summed E-state index contributed by atoms with van der Waals surface area (Å²) in [6.45, 7) is 12.8. The van der Waals surface area contributed by atoms with Crippen molar-refractivity contribution in [2.24, 2.45) is 0 Å². The third-order valence-corrected chi connectivity index (χ3v) is 5.31. The molecule has 1 aromatic carbocycles. The average Bonchev–Trinajstić information content (AvgIpc) is 2.93. The van der Waals surface area contributed by atoms with Gasteiger partial charge in [0.2, 0.25) is 5.91 Å². The number of benzene rings is 1. The highest BCUT2D eigenvalue weighted by Gasteiger charge is 2.21. The minimum atomic E-state index is -0.480. The molecule has 1 amide bonds. The van der Waals surface area contributed by atoms with Crippen LogP contribution in [0.3, 0.4) is 0 Å². The number of nitrogens with one attached hydrogen (secondary N) is 1. The largest absolute Gasteiger partial charge is 0.460 e. The first-order chi connectivity index (χ1) is 13.7. The van der Waals surface area contributed by atoms with Gasteiger partial charge in [-0.25, -0.2) is 4.79 Å². The van der Waals surface area contributed by atoms with Gasteiger partial charge < -0.3 is 18.9 Å². The molecule has 0 unspecified atom stereocenters. The Morgan fingerprint density at radius 1 is 1.10 bits per heavy atom. The van der Waals surface area contributed by atoms with E-state index in [1.165, 1.54) is 0 Å². The topological polar surface area (TPSA) is 81.7 Å². The molecule has 29 heavy (non-hydrogen) atoms. The second-order valence-electron chi connectivity index (χ2n) is 7.85. The Bertz CT molecular complexity index is 1120. The number of carbonyl (C=O) groups is 1. The molecule has 2 aromatic heterocycles. The van der Waals surface area contributed by atoms with E-state index in [1.54, 1.807) is 0 Å². The minimum Gasteiger partial charge on any atom is -0.460 e. The van der Waals surface area contributed by atoms with E-state index in [2.05, 4.69) is 5.32 Å². The van der Waals surface area contributed by atoms with Crippen LogP contribution in [-0.2, 0) is 16.0 Å². The molecular formula is C23H29NO5. The quantitative estimate of drug-likeness (QED) is 0.474. The second-order valence-corrected chi connectivity index (χ2v) is 7.85. The van der Waals surface area contributed by atoms with Gasteiger partial charge in [0.05, 0.1) is 23.5 Å². The number of hydrogen-bond acceptors (Lipinski definition) is 5. The lowest BCUT2D eigenvalue weighted by Crippen LogP contribution is -2.29. The number of hydrogen-bond donors (Lipinski definition) is 1. The van der Waals surface area contributed by atoms with E-state index in [-0.39, 0.29) is 18.4 Å². The fourth-order valence-electron chi connectivity index (χ4n) is 3.68. The van der Waals surface area contributed by atoms with Crippen LogP contribution in [-0.4, -0.2) is 25.2 Å². The molecule has 156 valence electrons. The molecule has 6 nitrogen and oxygen atoms in total. The van der Waals surface area contributed by atoms with Crippen LogP contribution in [0.5, 0.6) is 0 Å². The van der Waals surface area contributed by atoms with Crippen molar-refractivity contribution in [3.8, 4) is 0 Å². The predicted octanol–water partition coefficient (Wildman–Crippen LogP) is 4.25. The number of rotatable bonds is 7. The van der Waals surface area contributed by atoms with Crippen molar-refractivity contribution in [1.29, 1.82) is 0 Å². The van der Waals surface area contributed by atoms with Crippen molar-refractivity contribution in [1.82, 2.24) is 5.32 Å². The highest BCUT2D eigenvalue weighted by Crippen LogP contribution is 2.35. The average molecular weight is 399 g/mol. The maximum Gasteiger partial charge on any atom is 0.340 e. The standard InChI is InChI=1S/C23H29NO5/c1-12(2)27-9-7-8-24-19(25)11-17-15(5)21-18(29-23(17)26)10-13(3)20-14(4)16(6)28-22(20)21/h10,12H,7-9,11H2,1-6H3,(H,24,25). The zero-order valence-electron chi connectivity index (χ0n) is 18.0. The van der Waals surface area contributed by atoms with Gasteiger partial charge >= 0.3 is 5.63 Å². The summed E-state index contributed by atoms with van der Waals surface area (Å²) in [6, 6.07) is 1.87. The van der Waals surface area contributed by atoms with Gasteiger partial charge in [0, 0.05) is 18.5 Å². The normalized spacial score (nSPS) is 11.7. The lowest BCUT2D eigenvalue weighted by molar-refractivity contribution is -0.120. The highest BCUT2D eigenvalue weighted by atomic mass is 16.5. The lowest BCUT2D eigenvalue weighted by atomic mass is 9.98. The molecule has 0 aliphatic heterocycles. The first-order valence-electron chi connectivity index (χ1n) is 10.0. The molecule has 3 aromatic rings. The van der Waals surface area contributed by atoms with Crippen molar-refractivity contribution in [2.75, 3.05) is 13.2 Å². The maximum atomic E-state index is 12.6. The van der Waals surface area contributed by atoms with Crippen molar-refractivity contribution < 1.29 is 18.4 Å². The summed E-state index contributed by atoms with van der Waals surface area (Å²) < 4.78 is 17.0. The molecular weight excluding hydrogens is 370 g/mol. The van der Waals surface area contributed by atoms with Crippen molar-refractivity contribution >= 4 is 27.8 Å². The molecule has 3 rings (SSSR count). The van der Waals surface area contributed by atoms with Gasteiger partial charge in [-0.3, -0.25) is 4.79 Å². The molecule has 0 saturated heterocycles. The summed E-state index contributed by atoms with van der Waals surface area (Å²) in [5.41, 5.74) is 3.89. The van der Waals surface area contributed by atoms with E-state index in [1.807, 2.05) is 47.6 Å². The van der Waals surface area contributed by atoms with Crippen LogP contribution in [0.25, 0.3) is 21.9 Å². The Morgan fingerprint density at radius 2 is 1.83 bits per heavy atom. The van der Waals surface area contributed by atoms with E-state index in [9.17, 15) is 9.59 Å². The molecule has 0 spiro atoms. The van der Waals surface area contributed by atoms with Gasteiger partial charge in [0.1, 0.15) is 16.9 Å². The van der Waals surface area contributed by atoms with Crippen molar-refractivity contribution in [3.05, 3.63) is 44.5 Å². The van der Waals surface area contributed by atoms with E-state index < -0.39 is 5.63 Å². The van der Waals surface area contributed by atoms with E-state index in [0.29, 0.717) is 29.9 Å². The molecule has 2 heterocycles. The summed E-state index contributed by atoms with van der Waals surface area (Å²) in [5.74, 6) is 0.628. The highest BCUT2D eigenvalue weighted by molar-refractivity contribution is 6.07. The smallest absolute Gasteiger partial charge is 0.340 e. The van der Waals surface area contributed by atoms with Crippen LogP contribution in [0.15, 0.2) is 19.7 Å². The number of fused-ring (bicyclic) bond motifs is 3. The molecule has 0 saturated carbocycles. The van der Waals surface area contributed by atoms with Crippen LogP contribution in [0, 0.1) is 27.7 Å². The third kappa shape index (κ3) is 4.22. The van der Waals surface area contributed by atoms with Crippen molar-refractivity contribution in [2.45, 2.75) is 60.5 Å². The van der Waals surface area contributed by atoms with Crippen LogP contribution in [0.2, 0.25) is 0 Å². The number of ether oxygens (including phenoxy) is 1. The zero-order valence-corrected chi connectivity index (χ0v) is 18.0. The summed E-state index contributed by atoms with van der Waals surface area (Å²) in [6.07, 6.45) is 0.869. The molecule has 0 aliphatic carbocycles. The Morgan fingerprint density at radius 3 is 2.52 bits per heavy atom. The monoisotopic (exact) mass is 399 g/mol. The third-order valence-electron chi connectivity index (χ3n) is 5.31. The summed E-state index contributed by atoms with van der Waals surface area (Å²) >= 11 is 0. The number of carbonyl (C=O) groups excluding carboxylic acids is 1. The maximum absolute atomic E-state index is 12.6. The first-order valence-corrected chi connectivity index (χ1v) is 10.0. The minimum absolute atomic E-state index is 0.0246. The molecule has 0 aliphatic rings. The van der Waals surface area contributed by atoms with E-state index in [4.69, 9.17) is 13.6 Å². The number of furan rings is 1. The first kappa shape index (κ1) is 21.1. The van der Waals surface area contributed by atoms with Gasteiger partial charge in [-0.15, -0.1) is 0 Å². The van der Waals surface area contributed by atoms with Gasteiger partial charge in [0.25, 0.3) is 0 Å². The van der Waals surface area contributed by atoms with Gasteiger partial charge in [-0.05, 0) is 70.7 Å². The lowest BCUT2D eigenvalue weighted by Gasteiger charge is -2.11. The predicted molar refractivity (Wildman–Crippen MR) is 114 cm³/mol. The van der Waals surface area contributed by atoms with Gasteiger partial charge in [0.15, 0.2) is 0 Å². The fourth-order valence-corrected chi connectivity index (χ4v) is 3.68. The zero-order chi connectivity index (χ0) is 21.3. The van der Waals surface area contributed by atoms with E-state index in [0.717, 1.165) is 39.6 Å². The Hall–Kier alpha value is -2.60. The molecule has 0 radical (unpaired) electrons. The van der Waals surface area contributed by atoms with Gasteiger partial charge in [-0.1, -0.05) is 0 Å². The van der Waals surface area contributed by atoms with Crippen LogP contribution < -0.4 is 10.9 Å². The second kappa shape index (κ2) is 8.41. The molecule has 0 fully saturated rings. The van der Waals surface area contributed by atoms with Crippen molar-refractivity contribution in [3.63, 3.8) is 0 Å².